The molecular formula is C9H17ClN2O6. The van der Waals surface area contributed by atoms with Gasteiger partial charge in [0.15, 0.2) is 6.23 Å². The molecule has 1 rings (SSSR count). The summed E-state index contributed by atoms with van der Waals surface area (Å²) in [5, 5.41) is 42.2. The van der Waals surface area contributed by atoms with Crippen LogP contribution in [-0.2, 0) is 4.74 Å². The summed E-state index contributed by atoms with van der Waals surface area (Å²) in [5.41, 5.74) is 0. The van der Waals surface area contributed by atoms with Gasteiger partial charge in [-0.25, -0.2) is 4.79 Å². The molecule has 2 amide bonds. The normalized spacial score (nSPS) is 36.2. The van der Waals surface area contributed by atoms with E-state index in [-0.39, 0.29) is 12.4 Å². The summed E-state index contributed by atoms with van der Waals surface area (Å²) in [6, 6.07) is -0.639. The molecule has 8 nitrogen and oxygen atoms in total. The molecule has 106 valence electrons. The maximum Gasteiger partial charge on any atom is 0.316 e. The Labute approximate surface area is 109 Å². The third kappa shape index (κ3) is 3.67. The average Bonchev–Trinajstić information content (AvgIpc) is 2.37. The Morgan fingerprint density at radius 1 is 1.22 bits per heavy atom. The van der Waals surface area contributed by atoms with Gasteiger partial charge in [-0.05, 0) is 0 Å². The maximum atomic E-state index is 11.3. The third-order valence-electron chi connectivity index (χ3n) is 2.55. The lowest BCUT2D eigenvalue weighted by molar-refractivity contribution is -0.233. The van der Waals surface area contributed by atoms with Crippen molar-refractivity contribution in [3.05, 3.63) is 0 Å². The fourth-order valence-corrected chi connectivity index (χ4v) is 1.66. The van der Waals surface area contributed by atoms with Crippen LogP contribution in [0.1, 0.15) is 0 Å². The molecule has 0 radical (unpaired) electrons. The lowest BCUT2D eigenvalue weighted by atomic mass is 9.98. The van der Waals surface area contributed by atoms with E-state index in [0.717, 1.165) is 0 Å². The average molecular weight is 285 g/mol. The highest BCUT2D eigenvalue weighted by molar-refractivity contribution is 6.18. The number of carbonyl (C=O) groups is 1. The number of amides is 2. The van der Waals surface area contributed by atoms with E-state index in [1.807, 2.05) is 0 Å². The molecule has 0 aromatic heterocycles. The van der Waals surface area contributed by atoms with Crippen LogP contribution in [0.25, 0.3) is 0 Å². The van der Waals surface area contributed by atoms with Crippen molar-refractivity contribution in [1.29, 1.82) is 0 Å². The Morgan fingerprint density at radius 3 is 2.44 bits per heavy atom. The van der Waals surface area contributed by atoms with Gasteiger partial charge in [0, 0.05) is 12.4 Å². The predicted molar refractivity (Wildman–Crippen MR) is 61.0 cm³/mol. The summed E-state index contributed by atoms with van der Waals surface area (Å²) >= 11 is 5.38. The smallest absolute Gasteiger partial charge is 0.316 e. The molecule has 0 unspecified atom stereocenters. The van der Waals surface area contributed by atoms with Crippen LogP contribution in [0.5, 0.6) is 0 Å². The molecule has 0 aromatic rings. The van der Waals surface area contributed by atoms with Gasteiger partial charge in [-0.1, -0.05) is 0 Å². The zero-order valence-corrected chi connectivity index (χ0v) is 10.2. The Kier molecular flexibility index (Phi) is 6.06. The quantitative estimate of drug-likeness (QED) is 0.312. The zero-order chi connectivity index (χ0) is 13.7. The van der Waals surface area contributed by atoms with Gasteiger partial charge in [-0.2, -0.15) is 0 Å². The first-order valence-electron chi connectivity index (χ1n) is 5.42. The van der Waals surface area contributed by atoms with E-state index in [4.69, 9.17) is 21.4 Å². The van der Waals surface area contributed by atoms with Crippen molar-refractivity contribution in [2.45, 2.75) is 30.6 Å². The molecule has 1 fully saturated rings. The molecule has 5 atom stereocenters. The fourth-order valence-electron chi connectivity index (χ4n) is 1.56. The molecule has 0 bridgehead atoms. The molecule has 1 heterocycles. The minimum absolute atomic E-state index is 0.224. The maximum absolute atomic E-state index is 11.3. The molecule has 0 aromatic carbocycles. The second kappa shape index (κ2) is 7.07. The number of nitrogens with one attached hydrogen (secondary N) is 2. The van der Waals surface area contributed by atoms with E-state index in [0.29, 0.717) is 0 Å². The lowest BCUT2D eigenvalue weighted by Crippen LogP contribution is -2.64. The Balaban J connectivity index is 2.56. The van der Waals surface area contributed by atoms with Gasteiger partial charge in [-0.15, -0.1) is 11.6 Å². The SMILES string of the molecule is O=C(NCCCl)N[C@@H]1O[C@H](CO)[C@@H](O)[C@H](O)[C@@H]1O. The number of alkyl halides is 1. The fraction of sp³-hybridized carbons (Fsp3) is 0.889. The summed E-state index contributed by atoms with van der Waals surface area (Å²) in [6.45, 7) is -0.322. The number of aliphatic hydroxyl groups is 4. The summed E-state index contributed by atoms with van der Waals surface area (Å²) in [7, 11) is 0. The number of hydrogen-bond acceptors (Lipinski definition) is 6. The topological polar surface area (TPSA) is 131 Å². The minimum atomic E-state index is -1.52. The highest BCUT2D eigenvalue weighted by Crippen LogP contribution is 2.19. The number of halogens is 1. The number of rotatable bonds is 4. The summed E-state index contributed by atoms with van der Waals surface area (Å²) in [5.74, 6) is 0.224. The molecular weight excluding hydrogens is 268 g/mol. The van der Waals surface area contributed by atoms with Gasteiger partial charge in [0.05, 0.1) is 6.61 Å². The van der Waals surface area contributed by atoms with E-state index in [9.17, 15) is 20.1 Å². The van der Waals surface area contributed by atoms with Gasteiger partial charge >= 0.3 is 6.03 Å². The van der Waals surface area contributed by atoms with Crippen LogP contribution in [0.2, 0.25) is 0 Å². The lowest BCUT2D eigenvalue weighted by Gasteiger charge is -2.40. The van der Waals surface area contributed by atoms with Gasteiger partial charge in [0.2, 0.25) is 0 Å². The van der Waals surface area contributed by atoms with Crippen LogP contribution in [0.4, 0.5) is 4.79 Å². The van der Waals surface area contributed by atoms with Crippen LogP contribution < -0.4 is 10.6 Å². The molecule has 6 N–H and O–H groups in total. The molecule has 0 saturated carbocycles. The summed E-state index contributed by atoms with van der Waals surface area (Å²) in [4.78, 5) is 11.3. The van der Waals surface area contributed by atoms with Crippen LogP contribution >= 0.6 is 11.6 Å². The van der Waals surface area contributed by atoms with Crippen molar-refractivity contribution in [3.63, 3.8) is 0 Å². The van der Waals surface area contributed by atoms with Crippen LogP contribution in [0.3, 0.4) is 0 Å². The standard InChI is InChI=1S/C9H17ClN2O6/c10-1-2-11-9(17)12-8-7(16)6(15)5(14)4(3-13)18-8/h4-8,13-16H,1-3H2,(H2,11,12,17)/t4-,5-,6+,7+,8-/m1/s1. The van der Waals surface area contributed by atoms with Crippen molar-refractivity contribution < 1.29 is 30.0 Å². The van der Waals surface area contributed by atoms with E-state index in [2.05, 4.69) is 10.6 Å². The van der Waals surface area contributed by atoms with Crippen LogP contribution in [0, 0.1) is 0 Å². The Morgan fingerprint density at radius 2 is 1.89 bits per heavy atom. The van der Waals surface area contributed by atoms with E-state index in [1.54, 1.807) is 0 Å². The summed E-state index contributed by atoms with van der Waals surface area (Å²) < 4.78 is 5.07. The van der Waals surface area contributed by atoms with Gasteiger partial charge in [0.25, 0.3) is 0 Å². The number of aliphatic hydroxyl groups excluding tert-OH is 4. The number of carbonyl (C=O) groups excluding carboxylic acids is 1. The predicted octanol–water partition coefficient (Wildman–Crippen LogP) is -2.68. The van der Waals surface area contributed by atoms with E-state index in [1.165, 1.54) is 0 Å². The van der Waals surface area contributed by atoms with Gasteiger partial charge in [0.1, 0.15) is 24.4 Å². The number of urea groups is 1. The largest absolute Gasteiger partial charge is 0.394 e. The second-order valence-electron chi connectivity index (χ2n) is 3.84. The summed E-state index contributed by atoms with van der Waals surface area (Å²) in [6.07, 6.45) is -6.75. The van der Waals surface area contributed by atoms with Crippen molar-refractivity contribution in [2.75, 3.05) is 19.0 Å². The first-order chi connectivity index (χ1) is 8.51. The Hall–Kier alpha value is -0.640. The molecule has 18 heavy (non-hydrogen) atoms. The van der Waals surface area contributed by atoms with Crippen molar-refractivity contribution in [1.82, 2.24) is 10.6 Å². The van der Waals surface area contributed by atoms with Crippen LogP contribution in [-0.4, -0.2) is 76.1 Å². The second-order valence-corrected chi connectivity index (χ2v) is 4.22. The number of hydrogen-bond donors (Lipinski definition) is 6. The Bertz CT molecular complexity index is 280. The van der Waals surface area contributed by atoms with Gasteiger partial charge in [-0.3, -0.25) is 0 Å². The first-order valence-corrected chi connectivity index (χ1v) is 5.95. The molecule has 1 saturated heterocycles. The van der Waals surface area contributed by atoms with Crippen molar-refractivity contribution in [2.24, 2.45) is 0 Å². The third-order valence-corrected chi connectivity index (χ3v) is 2.73. The highest BCUT2D eigenvalue weighted by atomic mass is 35.5. The highest BCUT2D eigenvalue weighted by Gasteiger charge is 2.43. The number of ether oxygens (including phenoxy) is 1. The van der Waals surface area contributed by atoms with Gasteiger partial charge < -0.3 is 35.8 Å². The van der Waals surface area contributed by atoms with E-state index < -0.39 is 43.3 Å². The van der Waals surface area contributed by atoms with Crippen LogP contribution in [0.15, 0.2) is 0 Å². The van der Waals surface area contributed by atoms with E-state index >= 15 is 0 Å². The van der Waals surface area contributed by atoms with Crippen molar-refractivity contribution in [3.8, 4) is 0 Å². The first kappa shape index (κ1) is 15.4. The van der Waals surface area contributed by atoms with Crippen molar-refractivity contribution >= 4 is 17.6 Å². The molecule has 1 aliphatic heterocycles. The molecule has 9 heteroatoms. The molecule has 0 spiro atoms. The molecule has 0 aliphatic carbocycles. The minimum Gasteiger partial charge on any atom is -0.394 e. The zero-order valence-electron chi connectivity index (χ0n) is 9.49. The molecule has 1 aliphatic rings. The monoisotopic (exact) mass is 284 g/mol.